The predicted octanol–water partition coefficient (Wildman–Crippen LogP) is 6.62. The number of Topliss-reactive ketones (excluding diaryl/α,β-unsaturated/α-hetero) is 1. The highest BCUT2D eigenvalue weighted by Gasteiger charge is 1.97. The van der Waals surface area contributed by atoms with E-state index in [1.807, 2.05) is 33.0 Å². The third-order valence-electron chi connectivity index (χ3n) is 3.95. The van der Waals surface area contributed by atoms with E-state index in [0.717, 1.165) is 19.3 Å². The Balaban J connectivity index is 0. The fourth-order valence-electron chi connectivity index (χ4n) is 2.52. The lowest BCUT2D eigenvalue weighted by Crippen LogP contribution is -1.99. The number of rotatable bonds is 15. The Bertz CT molecular complexity index is 223. The minimum Gasteiger partial charge on any atom is -0.312 e. The van der Waals surface area contributed by atoms with Gasteiger partial charge in [-0.25, -0.2) is 0 Å². The molecule has 0 spiro atoms. The van der Waals surface area contributed by atoms with Crippen LogP contribution in [0.1, 0.15) is 110 Å². The van der Waals surface area contributed by atoms with Crippen molar-refractivity contribution in [3.8, 4) is 0 Å². The minimum absolute atomic E-state index is 0.433. The molecule has 0 rings (SSSR count). The van der Waals surface area contributed by atoms with Crippen molar-refractivity contribution in [1.29, 1.82) is 0 Å². The van der Waals surface area contributed by atoms with Gasteiger partial charge in [0.25, 0.3) is 0 Å². The number of hydrogen-bond donors (Lipinski definition) is 0. The van der Waals surface area contributed by atoms with Gasteiger partial charge in [-0.15, -0.1) is 0 Å². The van der Waals surface area contributed by atoms with Gasteiger partial charge in [-0.05, 0) is 27.6 Å². The fourth-order valence-corrected chi connectivity index (χ4v) is 2.52. The topological polar surface area (TPSA) is 20.3 Å². The molecule has 23 heavy (non-hydrogen) atoms. The second kappa shape index (κ2) is 21.6. The SMILES string of the molecule is CCCCCCCCCCCCCCCC(=O)CC.CN(C)C. The first-order chi connectivity index (χ1) is 11.0. The van der Waals surface area contributed by atoms with Gasteiger partial charge in [-0.2, -0.15) is 0 Å². The van der Waals surface area contributed by atoms with Crippen LogP contribution in [0.15, 0.2) is 0 Å². The van der Waals surface area contributed by atoms with Crippen LogP contribution >= 0.6 is 0 Å². The summed E-state index contributed by atoms with van der Waals surface area (Å²) in [6, 6.07) is 0. The number of ketones is 1. The lowest BCUT2D eigenvalue weighted by atomic mass is 10.0. The summed E-state index contributed by atoms with van der Waals surface area (Å²) in [4.78, 5) is 13.1. The van der Waals surface area contributed by atoms with Crippen molar-refractivity contribution in [3.05, 3.63) is 0 Å². The third kappa shape index (κ3) is 30.1. The van der Waals surface area contributed by atoms with Gasteiger partial charge >= 0.3 is 0 Å². The van der Waals surface area contributed by atoms with E-state index in [-0.39, 0.29) is 0 Å². The molecule has 0 aliphatic heterocycles. The van der Waals surface area contributed by atoms with E-state index in [0.29, 0.717) is 5.78 Å². The summed E-state index contributed by atoms with van der Waals surface area (Å²) < 4.78 is 0. The third-order valence-corrected chi connectivity index (χ3v) is 3.95. The highest BCUT2D eigenvalue weighted by molar-refractivity contribution is 5.77. The predicted molar refractivity (Wildman–Crippen MR) is 105 cm³/mol. The number of carbonyl (C=O) groups excluding carboxylic acids is 1. The van der Waals surface area contributed by atoms with Gasteiger partial charge in [-0.3, -0.25) is 4.79 Å². The molecule has 0 aromatic carbocycles. The van der Waals surface area contributed by atoms with Gasteiger partial charge in [0.1, 0.15) is 5.78 Å². The Morgan fingerprint density at radius 2 is 0.913 bits per heavy atom. The summed E-state index contributed by atoms with van der Waals surface area (Å²) in [5, 5.41) is 0. The molecule has 0 bridgehead atoms. The van der Waals surface area contributed by atoms with Gasteiger partial charge in [0.2, 0.25) is 0 Å². The van der Waals surface area contributed by atoms with Gasteiger partial charge in [0.15, 0.2) is 0 Å². The van der Waals surface area contributed by atoms with Crippen LogP contribution in [0.4, 0.5) is 0 Å². The van der Waals surface area contributed by atoms with Crippen LogP contribution in [-0.4, -0.2) is 31.8 Å². The molecular weight excluding hydrogens is 282 g/mol. The molecule has 0 atom stereocenters. The maximum Gasteiger partial charge on any atom is 0.132 e. The van der Waals surface area contributed by atoms with Crippen LogP contribution in [0.25, 0.3) is 0 Å². The Labute approximate surface area is 147 Å². The molecule has 0 aliphatic carbocycles. The Morgan fingerprint density at radius 3 is 1.22 bits per heavy atom. The van der Waals surface area contributed by atoms with Crippen LogP contribution in [-0.2, 0) is 4.79 Å². The second-order valence-corrected chi connectivity index (χ2v) is 7.23. The summed E-state index contributed by atoms with van der Waals surface area (Å²) in [6.07, 6.45) is 19.4. The molecule has 0 unspecified atom stereocenters. The van der Waals surface area contributed by atoms with E-state index >= 15 is 0 Å². The van der Waals surface area contributed by atoms with Crippen LogP contribution in [0.5, 0.6) is 0 Å². The smallest absolute Gasteiger partial charge is 0.132 e. The summed E-state index contributed by atoms with van der Waals surface area (Å²) in [5.74, 6) is 0.433. The van der Waals surface area contributed by atoms with Crippen LogP contribution in [0, 0.1) is 0 Å². The summed E-state index contributed by atoms with van der Waals surface area (Å²) in [7, 11) is 6.00. The molecule has 0 aliphatic rings. The van der Waals surface area contributed by atoms with Crippen LogP contribution in [0.3, 0.4) is 0 Å². The monoisotopic (exact) mass is 327 g/mol. The molecule has 0 radical (unpaired) electrons. The average Bonchev–Trinajstić information content (AvgIpc) is 2.51. The zero-order valence-electron chi connectivity index (χ0n) is 17.0. The number of unbranched alkanes of at least 4 members (excludes halogenated alkanes) is 12. The molecule has 0 aromatic rings. The molecule has 0 heterocycles. The average molecular weight is 328 g/mol. The second-order valence-electron chi connectivity index (χ2n) is 7.23. The van der Waals surface area contributed by atoms with Crippen molar-refractivity contribution in [2.24, 2.45) is 0 Å². The molecule has 0 saturated carbocycles. The van der Waals surface area contributed by atoms with E-state index in [4.69, 9.17) is 0 Å². The van der Waals surface area contributed by atoms with Crippen LogP contribution < -0.4 is 0 Å². The molecule has 0 amide bonds. The van der Waals surface area contributed by atoms with Crippen molar-refractivity contribution in [1.82, 2.24) is 4.90 Å². The maximum atomic E-state index is 11.1. The lowest BCUT2D eigenvalue weighted by Gasteiger charge is -2.02. The summed E-state index contributed by atoms with van der Waals surface area (Å²) >= 11 is 0. The Hall–Kier alpha value is -0.370. The first-order valence-corrected chi connectivity index (χ1v) is 10.2. The highest BCUT2D eigenvalue weighted by atomic mass is 16.1. The first-order valence-electron chi connectivity index (χ1n) is 10.2. The Morgan fingerprint density at radius 1 is 0.609 bits per heavy atom. The molecule has 0 N–H and O–H groups in total. The number of hydrogen-bond acceptors (Lipinski definition) is 2. The Kier molecular flexibility index (Phi) is 23.4. The molecule has 2 nitrogen and oxygen atoms in total. The lowest BCUT2D eigenvalue weighted by molar-refractivity contribution is -0.118. The molecule has 0 saturated heterocycles. The van der Waals surface area contributed by atoms with E-state index in [1.165, 1.54) is 77.0 Å². The van der Waals surface area contributed by atoms with Gasteiger partial charge in [0.05, 0.1) is 0 Å². The van der Waals surface area contributed by atoms with Crippen molar-refractivity contribution in [3.63, 3.8) is 0 Å². The van der Waals surface area contributed by atoms with Gasteiger partial charge in [0, 0.05) is 12.8 Å². The van der Waals surface area contributed by atoms with Crippen molar-refractivity contribution >= 4 is 5.78 Å². The molecule has 0 aromatic heterocycles. The van der Waals surface area contributed by atoms with Crippen molar-refractivity contribution in [2.45, 2.75) is 110 Å². The summed E-state index contributed by atoms with van der Waals surface area (Å²) in [6.45, 7) is 4.24. The minimum atomic E-state index is 0.433. The molecular formula is C21H45NO. The van der Waals surface area contributed by atoms with Gasteiger partial charge in [-0.1, -0.05) is 90.9 Å². The molecule has 2 heteroatoms. The van der Waals surface area contributed by atoms with E-state index in [1.54, 1.807) is 0 Å². The molecule has 140 valence electrons. The zero-order valence-corrected chi connectivity index (χ0v) is 17.0. The van der Waals surface area contributed by atoms with Crippen LogP contribution in [0.2, 0.25) is 0 Å². The largest absolute Gasteiger partial charge is 0.312 e. The number of nitrogens with zero attached hydrogens (tertiary/aromatic N) is 1. The quantitative estimate of drug-likeness (QED) is 0.315. The zero-order chi connectivity index (χ0) is 17.8. The molecule has 0 fully saturated rings. The first kappa shape index (κ1) is 24.9. The maximum absolute atomic E-state index is 11.1. The van der Waals surface area contributed by atoms with Crippen molar-refractivity contribution in [2.75, 3.05) is 21.1 Å². The van der Waals surface area contributed by atoms with E-state index in [9.17, 15) is 4.79 Å². The number of carbonyl (C=O) groups is 1. The van der Waals surface area contributed by atoms with E-state index in [2.05, 4.69) is 6.92 Å². The van der Waals surface area contributed by atoms with Crippen molar-refractivity contribution < 1.29 is 4.79 Å². The highest BCUT2D eigenvalue weighted by Crippen LogP contribution is 2.13. The normalized spacial score (nSPS) is 10.5. The standard InChI is InChI=1S/C18H36O.C3H9N/c1-3-5-6-7-8-9-10-11-12-13-14-15-16-17-18(19)4-2;1-4(2)3/h3-17H2,1-2H3;1-3H3. The van der Waals surface area contributed by atoms with E-state index < -0.39 is 0 Å². The van der Waals surface area contributed by atoms with Gasteiger partial charge < -0.3 is 4.90 Å². The fraction of sp³-hybridized carbons (Fsp3) is 0.952. The summed E-state index contributed by atoms with van der Waals surface area (Å²) in [5.41, 5.74) is 0.